The van der Waals surface area contributed by atoms with E-state index in [1.165, 1.54) is 6.07 Å². The topological polar surface area (TPSA) is 72.7 Å². The van der Waals surface area contributed by atoms with E-state index in [0.717, 1.165) is 0 Å². The molecule has 0 spiro atoms. The fourth-order valence-electron chi connectivity index (χ4n) is 1.53. The number of nitrogens with zero attached hydrogens (tertiary/aromatic N) is 2. The largest absolute Gasteiger partial charge is 0.457 e. The molecule has 0 aliphatic rings. The summed E-state index contributed by atoms with van der Waals surface area (Å²) in [5.41, 5.74) is 0.523. The Kier molecular flexibility index (Phi) is 2.98. The number of anilines is 2. The number of aryl methyl sites for hydroxylation is 1. The maximum absolute atomic E-state index is 10.8. The number of nitro groups is 1. The second kappa shape index (κ2) is 4.59. The molecule has 6 heteroatoms. The van der Waals surface area contributed by atoms with Crippen molar-refractivity contribution in [3.63, 3.8) is 0 Å². The molecule has 0 fully saturated rings. The zero-order chi connectivity index (χ0) is 13.1. The summed E-state index contributed by atoms with van der Waals surface area (Å²) in [7, 11) is 0. The van der Waals surface area contributed by atoms with Crippen LogP contribution in [0.5, 0.6) is 0 Å². The molecule has 0 bridgehead atoms. The van der Waals surface area contributed by atoms with Crippen molar-refractivity contribution in [3.05, 3.63) is 57.6 Å². The van der Waals surface area contributed by atoms with E-state index in [1.807, 2.05) is 0 Å². The van der Waals surface area contributed by atoms with Crippen LogP contribution in [0.25, 0.3) is 4.85 Å². The van der Waals surface area contributed by atoms with Crippen LogP contribution in [0.4, 0.5) is 22.9 Å². The highest BCUT2D eigenvalue weighted by Crippen LogP contribution is 2.34. The fourth-order valence-corrected chi connectivity index (χ4v) is 1.53. The average Bonchev–Trinajstić information content (AvgIpc) is 2.70. The summed E-state index contributed by atoms with van der Waals surface area (Å²) < 4.78 is 5.30. The minimum absolute atomic E-state index is 0.0671. The maximum Gasteiger partial charge on any atom is 0.292 e. The third kappa shape index (κ3) is 2.15. The van der Waals surface area contributed by atoms with Gasteiger partial charge >= 0.3 is 0 Å². The molecule has 0 aliphatic heterocycles. The number of rotatable bonds is 3. The van der Waals surface area contributed by atoms with Crippen LogP contribution in [0.1, 0.15) is 5.76 Å². The van der Waals surface area contributed by atoms with Crippen molar-refractivity contribution in [1.82, 2.24) is 0 Å². The second-order valence-electron chi connectivity index (χ2n) is 3.58. The SMILES string of the molecule is [C-]#[N+]c1cc(C)oc1Nc1ccccc1[N+](=O)[O-]. The first-order valence-electron chi connectivity index (χ1n) is 5.10. The van der Waals surface area contributed by atoms with Crippen LogP contribution >= 0.6 is 0 Å². The van der Waals surface area contributed by atoms with Crippen molar-refractivity contribution in [2.75, 3.05) is 5.32 Å². The summed E-state index contributed by atoms with van der Waals surface area (Å²) in [5, 5.41) is 13.6. The smallest absolute Gasteiger partial charge is 0.292 e. The predicted octanol–water partition coefficient (Wildman–Crippen LogP) is 3.79. The molecule has 0 atom stereocenters. The molecular weight excluding hydrogens is 234 g/mol. The molecule has 1 N–H and O–H groups in total. The number of para-hydroxylation sites is 2. The monoisotopic (exact) mass is 243 g/mol. The van der Waals surface area contributed by atoms with E-state index in [2.05, 4.69) is 10.2 Å². The van der Waals surface area contributed by atoms with E-state index in [1.54, 1.807) is 31.2 Å². The molecule has 18 heavy (non-hydrogen) atoms. The molecule has 0 saturated carbocycles. The van der Waals surface area contributed by atoms with Gasteiger partial charge in [0.25, 0.3) is 5.69 Å². The molecule has 1 aromatic heterocycles. The van der Waals surface area contributed by atoms with E-state index < -0.39 is 4.92 Å². The van der Waals surface area contributed by atoms with Crippen LogP contribution in [-0.2, 0) is 0 Å². The number of benzene rings is 1. The Morgan fingerprint density at radius 1 is 1.44 bits per heavy atom. The van der Waals surface area contributed by atoms with Gasteiger partial charge in [0.1, 0.15) is 5.69 Å². The van der Waals surface area contributed by atoms with E-state index >= 15 is 0 Å². The van der Waals surface area contributed by atoms with Crippen molar-refractivity contribution in [2.45, 2.75) is 6.92 Å². The maximum atomic E-state index is 10.8. The highest BCUT2D eigenvalue weighted by atomic mass is 16.6. The Hall–Kier alpha value is -2.81. The first-order valence-corrected chi connectivity index (χ1v) is 5.10. The summed E-state index contributed by atoms with van der Waals surface area (Å²) in [5.74, 6) is 0.791. The Labute approximate surface area is 103 Å². The van der Waals surface area contributed by atoms with E-state index in [-0.39, 0.29) is 11.6 Å². The van der Waals surface area contributed by atoms with Gasteiger partial charge in [0, 0.05) is 6.07 Å². The molecule has 0 radical (unpaired) electrons. The highest BCUT2D eigenvalue weighted by molar-refractivity contribution is 5.75. The molecule has 0 saturated heterocycles. The van der Waals surface area contributed by atoms with Crippen LogP contribution < -0.4 is 5.32 Å². The summed E-state index contributed by atoms with van der Waals surface area (Å²) in [6.45, 7) is 8.70. The van der Waals surface area contributed by atoms with Gasteiger partial charge in [-0.3, -0.25) is 10.1 Å². The fraction of sp³-hybridized carbons (Fsp3) is 0.0833. The lowest BCUT2D eigenvalue weighted by molar-refractivity contribution is -0.383. The first kappa shape index (κ1) is 11.7. The highest BCUT2D eigenvalue weighted by Gasteiger charge is 2.16. The van der Waals surface area contributed by atoms with Gasteiger partial charge in [-0.05, 0) is 19.1 Å². The Morgan fingerprint density at radius 3 is 2.83 bits per heavy atom. The van der Waals surface area contributed by atoms with Crippen molar-refractivity contribution < 1.29 is 9.34 Å². The minimum Gasteiger partial charge on any atom is -0.457 e. The zero-order valence-corrected chi connectivity index (χ0v) is 9.51. The van der Waals surface area contributed by atoms with Crippen molar-refractivity contribution in [2.24, 2.45) is 0 Å². The average molecular weight is 243 g/mol. The number of nitrogens with one attached hydrogen (secondary N) is 1. The van der Waals surface area contributed by atoms with Crippen LogP contribution in [0.2, 0.25) is 0 Å². The third-order valence-electron chi connectivity index (χ3n) is 2.31. The summed E-state index contributed by atoms with van der Waals surface area (Å²) >= 11 is 0. The summed E-state index contributed by atoms with van der Waals surface area (Å²) in [6.07, 6.45) is 0. The minimum atomic E-state index is -0.490. The van der Waals surface area contributed by atoms with Gasteiger partial charge in [-0.1, -0.05) is 12.1 Å². The molecule has 90 valence electrons. The Morgan fingerprint density at radius 2 is 2.17 bits per heavy atom. The molecule has 2 aromatic rings. The molecule has 0 aliphatic carbocycles. The first-order chi connectivity index (χ1) is 8.61. The van der Waals surface area contributed by atoms with Crippen molar-refractivity contribution in [1.29, 1.82) is 0 Å². The number of hydrogen-bond acceptors (Lipinski definition) is 4. The van der Waals surface area contributed by atoms with Crippen molar-refractivity contribution in [3.8, 4) is 0 Å². The molecule has 6 nitrogen and oxygen atoms in total. The molecule has 2 rings (SSSR count). The van der Waals surface area contributed by atoms with Crippen LogP contribution in [-0.4, -0.2) is 4.92 Å². The second-order valence-corrected chi connectivity index (χ2v) is 3.58. The predicted molar refractivity (Wildman–Crippen MR) is 66.1 cm³/mol. The van der Waals surface area contributed by atoms with E-state index in [9.17, 15) is 10.1 Å². The zero-order valence-electron chi connectivity index (χ0n) is 9.51. The summed E-state index contributed by atoms with van der Waals surface area (Å²) in [6, 6.07) is 7.76. The lowest BCUT2D eigenvalue weighted by Crippen LogP contribution is -1.95. The van der Waals surface area contributed by atoms with Gasteiger partial charge < -0.3 is 9.73 Å². The normalized spacial score (nSPS) is 9.78. The summed E-state index contributed by atoms with van der Waals surface area (Å²) in [4.78, 5) is 13.6. The standard InChI is InChI=1S/C12H9N3O3/c1-8-7-10(13-2)12(18-8)14-9-5-3-4-6-11(9)15(16)17/h3-7,14H,1H3. The third-order valence-corrected chi connectivity index (χ3v) is 2.31. The Bertz CT molecular complexity index is 640. The Balaban J connectivity index is 2.40. The molecular formula is C12H9N3O3. The van der Waals surface area contributed by atoms with Gasteiger partial charge in [-0.2, -0.15) is 0 Å². The van der Waals surface area contributed by atoms with Gasteiger partial charge in [-0.25, -0.2) is 4.85 Å². The number of nitro benzene ring substituents is 1. The lowest BCUT2D eigenvalue weighted by Gasteiger charge is -2.04. The molecule has 0 unspecified atom stereocenters. The quantitative estimate of drug-likeness (QED) is 0.505. The van der Waals surface area contributed by atoms with E-state index in [0.29, 0.717) is 17.1 Å². The van der Waals surface area contributed by atoms with Crippen molar-refractivity contribution >= 4 is 22.9 Å². The van der Waals surface area contributed by atoms with Crippen LogP contribution in [0.3, 0.4) is 0 Å². The molecule has 1 aromatic carbocycles. The van der Waals surface area contributed by atoms with Gasteiger partial charge in [-0.15, -0.1) is 0 Å². The van der Waals surface area contributed by atoms with Gasteiger partial charge in [0.15, 0.2) is 0 Å². The molecule has 0 amide bonds. The van der Waals surface area contributed by atoms with E-state index in [4.69, 9.17) is 11.0 Å². The van der Waals surface area contributed by atoms with Crippen LogP contribution in [0.15, 0.2) is 34.7 Å². The number of furan rings is 1. The van der Waals surface area contributed by atoms with Gasteiger partial charge in [0.2, 0.25) is 11.6 Å². The number of hydrogen-bond donors (Lipinski definition) is 1. The molecule has 1 heterocycles. The van der Waals surface area contributed by atoms with Crippen LogP contribution in [0, 0.1) is 23.6 Å². The van der Waals surface area contributed by atoms with Gasteiger partial charge in [0.05, 0.1) is 17.3 Å². The lowest BCUT2D eigenvalue weighted by atomic mass is 10.2.